The van der Waals surface area contributed by atoms with Crippen LogP contribution in [0.5, 0.6) is 0 Å². The van der Waals surface area contributed by atoms with Gasteiger partial charge in [-0.3, -0.25) is 9.89 Å². The molecular formula is C22H16ClN7OS. The number of aromatic nitrogens is 7. The third kappa shape index (κ3) is 3.01. The van der Waals surface area contributed by atoms with Crippen LogP contribution in [0.4, 0.5) is 0 Å². The number of rotatable bonds is 4. The molecule has 10 heteroatoms. The Morgan fingerprint density at radius 1 is 1.12 bits per heavy atom. The first-order chi connectivity index (χ1) is 15.6. The summed E-state index contributed by atoms with van der Waals surface area (Å²) in [4.78, 5) is 22.2. The smallest absolute Gasteiger partial charge is 0.291 e. The molecule has 0 aliphatic heterocycles. The molecule has 5 aromatic heterocycles. The molecule has 0 radical (unpaired) electrons. The minimum atomic E-state index is -0.140. The van der Waals surface area contributed by atoms with Gasteiger partial charge in [-0.1, -0.05) is 29.8 Å². The molecule has 0 spiro atoms. The van der Waals surface area contributed by atoms with E-state index in [4.69, 9.17) is 16.6 Å². The van der Waals surface area contributed by atoms with Gasteiger partial charge in [-0.05, 0) is 23.3 Å². The van der Waals surface area contributed by atoms with Gasteiger partial charge in [0.05, 0.1) is 29.2 Å². The number of hydrogen-bond donors (Lipinski definition) is 1. The van der Waals surface area contributed by atoms with Gasteiger partial charge in [0, 0.05) is 30.4 Å². The Morgan fingerprint density at radius 2 is 2.03 bits per heavy atom. The zero-order valence-electron chi connectivity index (χ0n) is 16.9. The molecule has 0 atom stereocenters. The normalized spacial score (nSPS) is 11.8. The first-order valence-electron chi connectivity index (χ1n) is 9.94. The SMILES string of the molecule is Cn1c2nc(Cc3ccc(Cl)nc3)sc2c2cnn(Cc3cccc4[nH]ncc34)c(=O)c21. The summed E-state index contributed by atoms with van der Waals surface area (Å²) >= 11 is 7.45. The van der Waals surface area contributed by atoms with Crippen molar-refractivity contribution in [2.75, 3.05) is 0 Å². The maximum atomic E-state index is 13.3. The predicted octanol–water partition coefficient (Wildman–Crippen LogP) is 3.91. The highest BCUT2D eigenvalue weighted by atomic mass is 35.5. The lowest BCUT2D eigenvalue weighted by Gasteiger charge is -2.07. The lowest BCUT2D eigenvalue weighted by molar-refractivity contribution is 0.647. The first-order valence-corrected chi connectivity index (χ1v) is 11.1. The second-order valence-electron chi connectivity index (χ2n) is 7.60. The van der Waals surface area contributed by atoms with Crippen LogP contribution in [0.2, 0.25) is 5.15 Å². The largest absolute Gasteiger partial charge is 0.323 e. The number of fused-ring (bicyclic) bond motifs is 4. The Balaban J connectivity index is 1.41. The summed E-state index contributed by atoms with van der Waals surface area (Å²) in [7, 11) is 1.88. The minimum absolute atomic E-state index is 0.140. The van der Waals surface area contributed by atoms with Crippen LogP contribution in [-0.2, 0) is 20.0 Å². The molecule has 0 unspecified atom stereocenters. The van der Waals surface area contributed by atoms with Gasteiger partial charge in [0.25, 0.3) is 5.56 Å². The van der Waals surface area contributed by atoms with Gasteiger partial charge in [0.2, 0.25) is 0 Å². The van der Waals surface area contributed by atoms with Crippen LogP contribution in [0.3, 0.4) is 0 Å². The number of aromatic amines is 1. The van der Waals surface area contributed by atoms with Crippen LogP contribution in [0.25, 0.3) is 32.2 Å². The number of pyridine rings is 1. The summed E-state index contributed by atoms with van der Waals surface area (Å²) in [5, 5.41) is 14.8. The third-order valence-electron chi connectivity index (χ3n) is 5.61. The van der Waals surface area contributed by atoms with Crippen molar-refractivity contribution in [2.45, 2.75) is 13.0 Å². The Hall–Kier alpha value is -3.56. The van der Waals surface area contributed by atoms with E-state index < -0.39 is 0 Å². The second-order valence-corrected chi connectivity index (χ2v) is 9.07. The maximum Gasteiger partial charge on any atom is 0.291 e. The van der Waals surface area contributed by atoms with Crippen LogP contribution in [0.15, 0.2) is 53.7 Å². The van der Waals surface area contributed by atoms with E-state index in [2.05, 4.69) is 20.3 Å². The number of hydrogen-bond acceptors (Lipinski definition) is 6. The zero-order valence-corrected chi connectivity index (χ0v) is 18.5. The Morgan fingerprint density at radius 3 is 2.88 bits per heavy atom. The molecule has 8 nitrogen and oxygen atoms in total. The monoisotopic (exact) mass is 461 g/mol. The van der Waals surface area contributed by atoms with Gasteiger partial charge in [0.1, 0.15) is 15.7 Å². The lowest BCUT2D eigenvalue weighted by Crippen LogP contribution is -2.24. The van der Waals surface area contributed by atoms with Gasteiger partial charge >= 0.3 is 0 Å². The Kier molecular flexibility index (Phi) is 4.34. The van der Waals surface area contributed by atoms with Crippen molar-refractivity contribution < 1.29 is 0 Å². The highest BCUT2D eigenvalue weighted by Gasteiger charge is 2.19. The fourth-order valence-corrected chi connectivity index (χ4v) is 5.29. The van der Waals surface area contributed by atoms with Gasteiger partial charge in [-0.15, -0.1) is 11.3 Å². The predicted molar refractivity (Wildman–Crippen MR) is 125 cm³/mol. The Labute approximate surface area is 190 Å². The van der Waals surface area contributed by atoms with Crippen molar-refractivity contribution in [3.63, 3.8) is 0 Å². The molecule has 5 heterocycles. The summed E-state index contributed by atoms with van der Waals surface area (Å²) < 4.78 is 4.32. The topological polar surface area (TPSA) is 94.3 Å². The van der Waals surface area contributed by atoms with Crippen molar-refractivity contribution in [2.24, 2.45) is 7.05 Å². The van der Waals surface area contributed by atoms with Crippen LogP contribution in [0.1, 0.15) is 16.1 Å². The number of benzene rings is 1. The summed E-state index contributed by atoms with van der Waals surface area (Å²) in [5.74, 6) is 0. The van der Waals surface area contributed by atoms with E-state index in [-0.39, 0.29) is 5.56 Å². The molecule has 0 aliphatic rings. The quantitative estimate of drug-likeness (QED) is 0.402. The molecule has 158 valence electrons. The number of aryl methyl sites for hydroxylation is 1. The highest BCUT2D eigenvalue weighted by molar-refractivity contribution is 7.19. The molecule has 0 saturated heterocycles. The van der Waals surface area contributed by atoms with Crippen molar-refractivity contribution in [3.8, 4) is 0 Å². The van der Waals surface area contributed by atoms with Gasteiger partial charge in [-0.25, -0.2) is 14.6 Å². The van der Waals surface area contributed by atoms with Crippen molar-refractivity contribution in [3.05, 3.63) is 80.6 Å². The molecule has 0 bridgehead atoms. The summed E-state index contributed by atoms with van der Waals surface area (Å²) in [5.41, 5.74) is 4.20. The van der Waals surface area contributed by atoms with Crippen LogP contribution in [0, 0.1) is 0 Å². The highest BCUT2D eigenvalue weighted by Crippen LogP contribution is 2.31. The molecule has 6 rings (SSSR count). The van der Waals surface area contributed by atoms with Crippen LogP contribution in [-0.4, -0.2) is 34.5 Å². The molecule has 0 saturated carbocycles. The van der Waals surface area contributed by atoms with Crippen LogP contribution < -0.4 is 5.56 Å². The standard InChI is InChI=1S/C22H16ClN7OS/c1-29-19-15(20-21(29)27-18(32-20)7-12-5-6-17(23)24-8-12)10-26-30(22(19)31)11-13-3-2-4-16-14(13)9-25-28-16/h2-6,8-10H,7,11H2,1H3,(H,25,28). The lowest BCUT2D eigenvalue weighted by atomic mass is 10.1. The average molecular weight is 462 g/mol. The molecule has 32 heavy (non-hydrogen) atoms. The van der Waals surface area contributed by atoms with E-state index in [1.54, 1.807) is 36.0 Å². The summed E-state index contributed by atoms with van der Waals surface area (Å²) in [6.45, 7) is 0.368. The van der Waals surface area contributed by atoms with Crippen molar-refractivity contribution >= 4 is 55.1 Å². The molecular weight excluding hydrogens is 446 g/mol. The van der Waals surface area contributed by atoms with Crippen LogP contribution >= 0.6 is 22.9 Å². The number of thiazole rings is 1. The molecule has 0 aliphatic carbocycles. The number of nitrogens with one attached hydrogen (secondary N) is 1. The molecule has 1 aromatic carbocycles. The van der Waals surface area contributed by atoms with Gasteiger partial charge < -0.3 is 4.57 Å². The second kappa shape index (κ2) is 7.25. The number of H-pyrrole nitrogens is 1. The fraction of sp³-hybridized carbons (Fsp3) is 0.136. The number of halogens is 1. The van der Waals surface area contributed by atoms with Gasteiger partial charge in [-0.2, -0.15) is 10.2 Å². The molecule has 1 N–H and O–H groups in total. The van der Waals surface area contributed by atoms with Crippen molar-refractivity contribution in [1.29, 1.82) is 0 Å². The number of nitrogens with zero attached hydrogens (tertiary/aromatic N) is 6. The van der Waals surface area contributed by atoms with E-state index in [0.717, 1.165) is 42.8 Å². The molecule has 6 aromatic rings. The zero-order chi connectivity index (χ0) is 21.8. The van der Waals surface area contributed by atoms with E-state index in [1.165, 1.54) is 4.68 Å². The minimum Gasteiger partial charge on any atom is -0.323 e. The summed E-state index contributed by atoms with van der Waals surface area (Å²) in [6.07, 6.45) is 5.95. The Bertz CT molecular complexity index is 1680. The maximum absolute atomic E-state index is 13.3. The molecule has 0 amide bonds. The third-order valence-corrected chi connectivity index (χ3v) is 6.91. The van der Waals surface area contributed by atoms with E-state index >= 15 is 0 Å². The van der Waals surface area contributed by atoms with Gasteiger partial charge in [0.15, 0.2) is 5.65 Å². The van der Waals surface area contributed by atoms with E-state index in [9.17, 15) is 4.79 Å². The van der Waals surface area contributed by atoms with E-state index in [0.29, 0.717) is 23.6 Å². The van der Waals surface area contributed by atoms with Crippen molar-refractivity contribution in [1.82, 2.24) is 34.5 Å². The summed E-state index contributed by atoms with van der Waals surface area (Å²) in [6, 6.07) is 9.61. The first kappa shape index (κ1) is 19.1. The average Bonchev–Trinajstić information content (AvgIpc) is 3.49. The fourth-order valence-electron chi connectivity index (χ4n) is 4.04. The molecule has 0 fully saturated rings. The van der Waals surface area contributed by atoms with E-state index in [1.807, 2.05) is 35.9 Å².